The predicted molar refractivity (Wildman–Crippen MR) is 83.9 cm³/mol. The summed E-state index contributed by atoms with van der Waals surface area (Å²) in [7, 11) is 0. The first kappa shape index (κ1) is 15.5. The van der Waals surface area contributed by atoms with Crippen LogP contribution in [0.5, 0.6) is 0 Å². The Hall–Kier alpha value is -0.900. The summed E-state index contributed by atoms with van der Waals surface area (Å²) >= 11 is 5.48. The van der Waals surface area contributed by atoms with Crippen LogP contribution in [0.25, 0.3) is 0 Å². The number of primary amides is 1. The summed E-state index contributed by atoms with van der Waals surface area (Å²) in [6.45, 7) is 1.97. The van der Waals surface area contributed by atoms with Gasteiger partial charge in [0.2, 0.25) is 5.91 Å². The summed E-state index contributed by atoms with van der Waals surface area (Å²) in [4.78, 5) is 24.5. The molecule has 2 aromatic rings. The average Bonchev–Trinajstić information content (AvgIpc) is 3.02. The van der Waals surface area contributed by atoms with E-state index in [1.54, 1.807) is 0 Å². The maximum Gasteiger partial charge on any atom is 0.227 e. The molecule has 0 fully saturated rings. The van der Waals surface area contributed by atoms with Gasteiger partial charge in [0, 0.05) is 4.88 Å². The van der Waals surface area contributed by atoms with Gasteiger partial charge in [-0.05, 0) is 19.1 Å². The molecule has 0 bridgehead atoms. The first-order chi connectivity index (χ1) is 9.54. The molecule has 0 radical (unpaired) electrons. The smallest absolute Gasteiger partial charge is 0.227 e. The van der Waals surface area contributed by atoms with Crippen LogP contribution in [-0.4, -0.2) is 33.4 Å². The molecule has 0 aliphatic rings. The van der Waals surface area contributed by atoms with Crippen molar-refractivity contribution < 1.29 is 9.59 Å². The summed E-state index contributed by atoms with van der Waals surface area (Å²) in [6, 6.07) is 3.78. The third kappa shape index (κ3) is 4.58. The van der Waals surface area contributed by atoms with Crippen LogP contribution in [0.1, 0.15) is 14.5 Å². The number of hydrogen-bond donors (Lipinski definition) is 1. The predicted octanol–water partition coefficient (Wildman–Crippen LogP) is 2.46. The summed E-state index contributed by atoms with van der Waals surface area (Å²) < 4.78 is 1.41. The largest absolute Gasteiger partial charge is 0.369 e. The van der Waals surface area contributed by atoms with Gasteiger partial charge in [-0.15, -0.1) is 21.5 Å². The Morgan fingerprint density at radius 2 is 1.80 bits per heavy atom. The van der Waals surface area contributed by atoms with Gasteiger partial charge in [0.05, 0.1) is 16.4 Å². The minimum Gasteiger partial charge on any atom is -0.369 e. The number of aryl methyl sites for hydroxylation is 1. The molecule has 0 aliphatic heterocycles. The van der Waals surface area contributed by atoms with Gasteiger partial charge in [0.25, 0.3) is 0 Å². The van der Waals surface area contributed by atoms with E-state index in [2.05, 4.69) is 10.2 Å². The molecule has 0 spiro atoms. The van der Waals surface area contributed by atoms with Crippen LogP contribution >= 0.6 is 46.2 Å². The molecule has 2 rings (SSSR count). The lowest BCUT2D eigenvalue weighted by molar-refractivity contribution is -0.115. The number of nitrogens with zero attached hydrogens (tertiary/aromatic N) is 2. The van der Waals surface area contributed by atoms with Crippen LogP contribution in [0.15, 0.2) is 20.8 Å². The van der Waals surface area contributed by atoms with Crippen molar-refractivity contribution >= 4 is 57.9 Å². The normalized spacial score (nSPS) is 10.7. The zero-order chi connectivity index (χ0) is 14.5. The van der Waals surface area contributed by atoms with Crippen molar-refractivity contribution in [2.24, 2.45) is 5.73 Å². The zero-order valence-corrected chi connectivity index (χ0v) is 13.8. The van der Waals surface area contributed by atoms with E-state index in [4.69, 9.17) is 5.73 Å². The highest BCUT2D eigenvalue weighted by Crippen LogP contribution is 2.29. The van der Waals surface area contributed by atoms with E-state index < -0.39 is 0 Å². The van der Waals surface area contributed by atoms with Crippen molar-refractivity contribution in [1.82, 2.24) is 10.2 Å². The lowest BCUT2D eigenvalue weighted by atomic mass is 10.3. The second-order valence-electron chi connectivity index (χ2n) is 3.71. The van der Waals surface area contributed by atoms with E-state index in [0.29, 0.717) is 10.1 Å². The monoisotopic (exact) mass is 345 g/mol. The number of carbonyl (C=O) groups is 2. The van der Waals surface area contributed by atoms with Crippen molar-refractivity contribution in [3.05, 3.63) is 21.9 Å². The Morgan fingerprint density at radius 1 is 1.15 bits per heavy atom. The number of carbonyl (C=O) groups excluding carboxylic acids is 2. The molecule has 20 heavy (non-hydrogen) atoms. The van der Waals surface area contributed by atoms with Crippen molar-refractivity contribution in [3.63, 3.8) is 0 Å². The molecule has 0 saturated heterocycles. The zero-order valence-electron chi connectivity index (χ0n) is 10.5. The van der Waals surface area contributed by atoms with Crippen molar-refractivity contribution in [2.75, 3.05) is 11.5 Å². The molecule has 5 nitrogen and oxygen atoms in total. The SMILES string of the molecule is Cc1ccc(C(=O)CSc2nnc(SCC(N)=O)s2)s1. The maximum absolute atomic E-state index is 11.9. The molecule has 2 aromatic heterocycles. The van der Waals surface area contributed by atoms with Crippen LogP contribution in [-0.2, 0) is 4.79 Å². The molecular weight excluding hydrogens is 334 g/mol. The second-order valence-corrected chi connectivity index (χ2v) is 8.42. The number of Topliss-reactive ketones (excluding diaryl/α,β-unsaturated/α-hetero) is 1. The quantitative estimate of drug-likeness (QED) is 0.613. The molecule has 2 N–H and O–H groups in total. The van der Waals surface area contributed by atoms with Crippen LogP contribution in [0.3, 0.4) is 0 Å². The Bertz CT molecular complexity index is 623. The number of ketones is 1. The second kappa shape index (κ2) is 7.21. The van der Waals surface area contributed by atoms with Crippen molar-refractivity contribution in [3.8, 4) is 0 Å². The van der Waals surface area contributed by atoms with Gasteiger partial charge >= 0.3 is 0 Å². The molecule has 106 valence electrons. The summed E-state index contributed by atoms with van der Waals surface area (Å²) in [5.74, 6) is 0.235. The molecule has 0 saturated carbocycles. The number of nitrogens with two attached hydrogens (primary N) is 1. The number of hydrogen-bond acceptors (Lipinski definition) is 8. The standard InChI is InChI=1S/C11H11N3O2S4/c1-6-2-3-8(19-6)7(15)4-17-10-13-14-11(20-10)18-5-9(12)16/h2-3H,4-5H2,1H3,(H2,12,16). The molecule has 0 atom stereocenters. The van der Waals surface area contributed by atoms with Gasteiger partial charge in [0.1, 0.15) is 0 Å². The summed E-state index contributed by atoms with van der Waals surface area (Å²) in [5.41, 5.74) is 5.06. The number of aromatic nitrogens is 2. The number of thiophene rings is 1. The fraction of sp³-hybridized carbons (Fsp3) is 0.273. The minimum absolute atomic E-state index is 0.0923. The van der Waals surface area contributed by atoms with Gasteiger partial charge < -0.3 is 5.73 Å². The molecule has 1 amide bonds. The fourth-order valence-corrected chi connectivity index (χ4v) is 4.77. The highest BCUT2D eigenvalue weighted by atomic mass is 32.2. The topological polar surface area (TPSA) is 85.9 Å². The van der Waals surface area contributed by atoms with Crippen LogP contribution in [0, 0.1) is 6.92 Å². The highest BCUT2D eigenvalue weighted by Gasteiger charge is 2.12. The molecule has 0 aliphatic carbocycles. The van der Waals surface area contributed by atoms with E-state index in [9.17, 15) is 9.59 Å². The first-order valence-corrected chi connectivity index (χ1v) is 9.12. The highest BCUT2D eigenvalue weighted by molar-refractivity contribution is 8.03. The lowest BCUT2D eigenvalue weighted by Gasteiger charge is -1.94. The summed E-state index contributed by atoms with van der Waals surface area (Å²) in [6.07, 6.45) is 0. The van der Waals surface area contributed by atoms with Crippen LogP contribution in [0.4, 0.5) is 0 Å². The van der Waals surface area contributed by atoms with Gasteiger partial charge in [0.15, 0.2) is 14.5 Å². The lowest BCUT2D eigenvalue weighted by Crippen LogP contribution is -2.12. The fourth-order valence-electron chi connectivity index (χ4n) is 1.23. The van der Waals surface area contributed by atoms with E-state index >= 15 is 0 Å². The Morgan fingerprint density at radius 3 is 2.35 bits per heavy atom. The van der Waals surface area contributed by atoms with Gasteiger partial charge in [-0.3, -0.25) is 9.59 Å². The number of thioether (sulfide) groups is 2. The molecule has 9 heteroatoms. The molecular formula is C11H11N3O2S4. The van der Waals surface area contributed by atoms with Gasteiger partial charge in [-0.1, -0.05) is 34.9 Å². The number of rotatable bonds is 7. The summed E-state index contributed by atoms with van der Waals surface area (Å²) in [5, 5.41) is 7.91. The third-order valence-electron chi connectivity index (χ3n) is 2.07. The van der Waals surface area contributed by atoms with E-state index in [1.165, 1.54) is 46.2 Å². The minimum atomic E-state index is -0.386. The Balaban J connectivity index is 1.85. The van der Waals surface area contributed by atoms with E-state index in [1.807, 2.05) is 19.1 Å². The van der Waals surface area contributed by atoms with E-state index in [0.717, 1.165) is 14.1 Å². The maximum atomic E-state index is 11.9. The molecule has 0 aromatic carbocycles. The molecule has 0 unspecified atom stereocenters. The first-order valence-electron chi connectivity index (χ1n) is 5.51. The Kier molecular flexibility index (Phi) is 5.58. The Labute approximate surface area is 132 Å². The van der Waals surface area contributed by atoms with Gasteiger partial charge in [-0.2, -0.15) is 0 Å². The van der Waals surface area contributed by atoms with Crippen molar-refractivity contribution in [2.45, 2.75) is 15.6 Å². The number of amides is 1. The van der Waals surface area contributed by atoms with Crippen molar-refractivity contribution in [1.29, 1.82) is 0 Å². The average molecular weight is 345 g/mol. The van der Waals surface area contributed by atoms with Crippen LogP contribution < -0.4 is 5.73 Å². The van der Waals surface area contributed by atoms with Crippen LogP contribution in [0.2, 0.25) is 0 Å². The third-order valence-corrected chi connectivity index (χ3v) is 6.32. The molecule has 2 heterocycles. The van der Waals surface area contributed by atoms with E-state index in [-0.39, 0.29) is 17.4 Å². The van der Waals surface area contributed by atoms with Gasteiger partial charge in [-0.25, -0.2) is 0 Å².